The van der Waals surface area contributed by atoms with E-state index >= 15 is 0 Å². The van der Waals surface area contributed by atoms with E-state index in [2.05, 4.69) is 56.3 Å². The first kappa shape index (κ1) is 11.4. The predicted molar refractivity (Wildman–Crippen MR) is 68.0 cm³/mol. The topological polar surface area (TPSA) is 40.7 Å². The van der Waals surface area contributed by atoms with E-state index < -0.39 is 0 Å². The molecule has 0 fully saturated rings. The summed E-state index contributed by atoms with van der Waals surface area (Å²) in [5.41, 5.74) is 2.53. The first-order chi connectivity index (χ1) is 7.75. The molecule has 16 heavy (non-hydrogen) atoms. The Balaban J connectivity index is 1.90. The lowest BCUT2D eigenvalue weighted by Crippen LogP contribution is -2.14. The second kappa shape index (κ2) is 5.27. The lowest BCUT2D eigenvalue weighted by atomic mass is 10.1. The summed E-state index contributed by atoms with van der Waals surface area (Å²) in [6.45, 7) is 3.68. The summed E-state index contributed by atoms with van der Waals surface area (Å²) in [4.78, 5) is 7.22. The highest BCUT2D eigenvalue weighted by atomic mass is 79.9. The number of nitrogens with zero attached hydrogens (tertiary/aromatic N) is 1. The quantitative estimate of drug-likeness (QED) is 0.904. The Bertz CT molecular complexity index is 451. The zero-order chi connectivity index (χ0) is 11.4. The summed E-state index contributed by atoms with van der Waals surface area (Å²) in [7, 11) is 0. The van der Waals surface area contributed by atoms with Gasteiger partial charge in [0, 0.05) is 23.4 Å². The first-order valence-corrected chi connectivity index (χ1v) is 5.99. The van der Waals surface area contributed by atoms with Gasteiger partial charge in [-0.15, -0.1) is 0 Å². The average Bonchev–Trinajstić information content (AvgIpc) is 2.74. The van der Waals surface area contributed by atoms with E-state index in [4.69, 9.17) is 0 Å². The molecule has 0 aliphatic heterocycles. The molecule has 0 aliphatic rings. The molecule has 2 rings (SSSR count). The molecule has 0 bridgehead atoms. The molecule has 0 saturated carbocycles. The molecule has 0 spiro atoms. The third kappa shape index (κ3) is 2.93. The van der Waals surface area contributed by atoms with Crippen molar-refractivity contribution >= 4 is 15.9 Å². The van der Waals surface area contributed by atoms with Gasteiger partial charge in [-0.05, 0) is 24.1 Å². The Morgan fingerprint density at radius 2 is 2.25 bits per heavy atom. The van der Waals surface area contributed by atoms with Crippen molar-refractivity contribution in [3.05, 3.63) is 52.0 Å². The molecule has 2 aromatic rings. The Kier molecular flexibility index (Phi) is 3.74. The minimum absolute atomic E-state index is 0.757. The number of benzene rings is 1. The molecule has 0 amide bonds. The number of hydrogen-bond acceptors (Lipinski definition) is 2. The molecule has 0 unspecified atom stereocenters. The van der Waals surface area contributed by atoms with Crippen LogP contribution in [0, 0.1) is 6.92 Å². The number of nitrogens with one attached hydrogen (secondary N) is 2. The van der Waals surface area contributed by atoms with Gasteiger partial charge in [-0.3, -0.25) is 0 Å². The smallest absolute Gasteiger partial charge is 0.120 e. The van der Waals surface area contributed by atoms with Crippen LogP contribution < -0.4 is 5.32 Å². The summed E-state index contributed by atoms with van der Waals surface area (Å²) in [6.07, 6.45) is 3.59. The third-order valence-corrected chi connectivity index (χ3v) is 3.11. The van der Waals surface area contributed by atoms with E-state index in [-0.39, 0.29) is 0 Å². The van der Waals surface area contributed by atoms with Crippen molar-refractivity contribution in [1.29, 1.82) is 0 Å². The summed E-state index contributed by atoms with van der Waals surface area (Å²) < 4.78 is 1.15. The Morgan fingerprint density at radius 3 is 2.94 bits per heavy atom. The molecule has 0 saturated heterocycles. The standard InChI is InChI=1S/C12H14BrN3/c1-9-2-3-10(11(13)6-9)7-14-8-12-15-4-5-16-12/h2-6,14H,7-8H2,1H3,(H,15,16). The fraction of sp³-hybridized carbons (Fsp3) is 0.250. The Hall–Kier alpha value is -1.13. The third-order valence-electron chi connectivity index (χ3n) is 2.37. The van der Waals surface area contributed by atoms with E-state index in [1.807, 2.05) is 6.20 Å². The molecule has 84 valence electrons. The van der Waals surface area contributed by atoms with Gasteiger partial charge in [0.1, 0.15) is 5.82 Å². The summed E-state index contributed by atoms with van der Waals surface area (Å²) in [6, 6.07) is 6.38. The first-order valence-electron chi connectivity index (χ1n) is 5.20. The molecule has 4 heteroatoms. The van der Waals surface area contributed by atoms with E-state index in [1.165, 1.54) is 11.1 Å². The normalized spacial score (nSPS) is 10.6. The zero-order valence-corrected chi connectivity index (χ0v) is 10.7. The van der Waals surface area contributed by atoms with Crippen molar-refractivity contribution in [1.82, 2.24) is 15.3 Å². The summed E-state index contributed by atoms with van der Waals surface area (Å²) >= 11 is 3.56. The molecule has 1 aromatic carbocycles. The number of hydrogen-bond donors (Lipinski definition) is 2. The number of aromatic amines is 1. The fourth-order valence-electron chi connectivity index (χ4n) is 1.51. The predicted octanol–water partition coefficient (Wildman–Crippen LogP) is 2.77. The number of imidazole rings is 1. The molecule has 0 atom stereocenters. The van der Waals surface area contributed by atoms with Gasteiger partial charge in [0.05, 0.1) is 6.54 Å². The van der Waals surface area contributed by atoms with E-state index in [9.17, 15) is 0 Å². The molecule has 3 nitrogen and oxygen atoms in total. The van der Waals surface area contributed by atoms with Crippen molar-refractivity contribution in [2.45, 2.75) is 20.0 Å². The minimum atomic E-state index is 0.757. The van der Waals surface area contributed by atoms with Crippen molar-refractivity contribution in [2.75, 3.05) is 0 Å². The highest BCUT2D eigenvalue weighted by Gasteiger charge is 2.00. The Morgan fingerprint density at radius 1 is 1.38 bits per heavy atom. The highest BCUT2D eigenvalue weighted by molar-refractivity contribution is 9.10. The van der Waals surface area contributed by atoms with E-state index in [0.29, 0.717) is 0 Å². The molecule has 0 radical (unpaired) electrons. The van der Waals surface area contributed by atoms with Crippen molar-refractivity contribution in [3.63, 3.8) is 0 Å². The second-order valence-electron chi connectivity index (χ2n) is 3.73. The van der Waals surface area contributed by atoms with Crippen LogP contribution in [0.15, 0.2) is 35.1 Å². The van der Waals surface area contributed by atoms with Gasteiger partial charge in [0.25, 0.3) is 0 Å². The van der Waals surface area contributed by atoms with Gasteiger partial charge >= 0.3 is 0 Å². The average molecular weight is 280 g/mol. The lowest BCUT2D eigenvalue weighted by Gasteiger charge is -2.06. The van der Waals surface area contributed by atoms with Gasteiger partial charge < -0.3 is 10.3 Å². The number of halogens is 1. The van der Waals surface area contributed by atoms with Gasteiger partial charge in [-0.1, -0.05) is 28.1 Å². The maximum atomic E-state index is 4.15. The van der Waals surface area contributed by atoms with Gasteiger partial charge in [-0.2, -0.15) is 0 Å². The van der Waals surface area contributed by atoms with Crippen LogP contribution in [0.4, 0.5) is 0 Å². The van der Waals surface area contributed by atoms with Crippen molar-refractivity contribution in [3.8, 4) is 0 Å². The maximum absolute atomic E-state index is 4.15. The number of rotatable bonds is 4. The lowest BCUT2D eigenvalue weighted by molar-refractivity contribution is 0.667. The van der Waals surface area contributed by atoms with Gasteiger partial charge in [-0.25, -0.2) is 4.98 Å². The van der Waals surface area contributed by atoms with Crippen LogP contribution >= 0.6 is 15.9 Å². The van der Waals surface area contributed by atoms with Crippen LogP contribution in [0.2, 0.25) is 0 Å². The maximum Gasteiger partial charge on any atom is 0.120 e. The fourth-order valence-corrected chi connectivity index (χ4v) is 2.14. The number of aryl methyl sites for hydroxylation is 1. The SMILES string of the molecule is Cc1ccc(CNCc2ncc[nH]2)c(Br)c1. The number of aromatic nitrogens is 2. The second-order valence-corrected chi connectivity index (χ2v) is 4.59. The molecular formula is C12H14BrN3. The van der Waals surface area contributed by atoms with E-state index in [1.54, 1.807) is 6.20 Å². The minimum Gasteiger partial charge on any atom is -0.348 e. The zero-order valence-electron chi connectivity index (χ0n) is 9.13. The molecule has 0 aliphatic carbocycles. The molecular weight excluding hydrogens is 266 g/mol. The number of H-pyrrole nitrogens is 1. The largest absolute Gasteiger partial charge is 0.348 e. The van der Waals surface area contributed by atoms with E-state index in [0.717, 1.165) is 23.4 Å². The highest BCUT2D eigenvalue weighted by Crippen LogP contribution is 2.18. The van der Waals surface area contributed by atoms with Crippen LogP contribution in [0.5, 0.6) is 0 Å². The molecule has 1 heterocycles. The summed E-state index contributed by atoms with van der Waals surface area (Å²) in [5, 5.41) is 3.34. The van der Waals surface area contributed by atoms with Crippen molar-refractivity contribution in [2.24, 2.45) is 0 Å². The molecule has 1 aromatic heterocycles. The van der Waals surface area contributed by atoms with Crippen LogP contribution in [0.1, 0.15) is 17.0 Å². The van der Waals surface area contributed by atoms with Crippen LogP contribution in [-0.4, -0.2) is 9.97 Å². The Labute approximate surface area is 103 Å². The van der Waals surface area contributed by atoms with Crippen molar-refractivity contribution < 1.29 is 0 Å². The van der Waals surface area contributed by atoms with Crippen LogP contribution in [0.25, 0.3) is 0 Å². The van der Waals surface area contributed by atoms with Crippen LogP contribution in [-0.2, 0) is 13.1 Å². The van der Waals surface area contributed by atoms with Gasteiger partial charge in [0.2, 0.25) is 0 Å². The summed E-state index contributed by atoms with van der Waals surface area (Å²) in [5.74, 6) is 0.961. The van der Waals surface area contributed by atoms with Crippen LogP contribution in [0.3, 0.4) is 0 Å². The molecule has 2 N–H and O–H groups in total. The monoisotopic (exact) mass is 279 g/mol. The van der Waals surface area contributed by atoms with Gasteiger partial charge in [0.15, 0.2) is 0 Å².